The van der Waals surface area contributed by atoms with Gasteiger partial charge in [0.2, 0.25) is 5.43 Å². The minimum Gasteiger partial charge on any atom is -0.497 e. The summed E-state index contributed by atoms with van der Waals surface area (Å²) in [5.74, 6) is 0.316. The van der Waals surface area contributed by atoms with Crippen molar-refractivity contribution in [1.29, 1.82) is 0 Å². The monoisotopic (exact) mass is 397 g/mol. The fourth-order valence-corrected chi connectivity index (χ4v) is 3.61. The van der Waals surface area contributed by atoms with E-state index in [-0.39, 0.29) is 16.8 Å². The molecule has 0 aliphatic carbocycles. The van der Waals surface area contributed by atoms with Crippen molar-refractivity contribution in [3.05, 3.63) is 111 Å². The first-order valence-corrected chi connectivity index (χ1v) is 9.85. The highest BCUT2D eigenvalue weighted by atomic mass is 16.5. The van der Waals surface area contributed by atoms with Crippen LogP contribution < -0.4 is 10.2 Å². The molecule has 0 amide bonds. The van der Waals surface area contributed by atoms with Gasteiger partial charge in [-0.2, -0.15) is 0 Å². The summed E-state index contributed by atoms with van der Waals surface area (Å²) in [5, 5.41) is 0.472. The van der Waals surface area contributed by atoms with Crippen LogP contribution >= 0.6 is 0 Å². The van der Waals surface area contributed by atoms with Gasteiger partial charge in [-0.3, -0.25) is 9.59 Å². The van der Waals surface area contributed by atoms with Crippen molar-refractivity contribution in [2.24, 2.45) is 0 Å². The van der Waals surface area contributed by atoms with Crippen molar-refractivity contribution in [2.45, 2.75) is 20.4 Å². The Hall–Kier alpha value is -3.66. The highest BCUT2D eigenvalue weighted by Gasteiger charge is 2.18. The maximum Gasteiger partial charge on any atom is 0.200 e. The summed E-state index contributed by atoms with van der Waals surface area (Å²) in [5.41, 5.74) is 4.38. The van der Waals surface area contributed by atoms with Crippen molar-refractivity contribution in [3.63, 3.8) is 0 Å². The van der Waals surface area contributed by atoms with Crippen LogP contribution in [-0.4, -0.2) is 17.5 Å². The van der Waals surface area contributed by atoms with Crippen LogP contribution in [0.4, 0.5) is 0 Å². The van der Waals surface area contributed by atoms with E-state index >= 15 is 0 Å². The quantitative estimate of drug-likeness (QED) is 0.450. The lowest BCUT2D eigenvalue weighted by Gasteiger charge is -2.14. The number of carbonyl (C=O) groups excluding carboxylic acids is 1. The molecule has 1 aromatic heterocycles. The molecule has 1 heterocycles. The summed E-state index contributed by atoms with van der Waals surface area (Å²) < 4.78 is 7.27. The number of rotatable bonds is 5. The molecule has 4 heteroatoms. The second-order valence-corrected chi connectivity index (χ2v) is 7.50. The smallest absolute Gasteiger partial charge is 0.200 e. The number of fused-ring (bicyclic) bond motifs is 1. The van der Waals surface area contributed by atoms with E-state index in [2.05, 4.69) is 0 Å². The van der Waals surface area contributed by atoms with Gasteiger partial charge >= 0.3 is 0 Å². The van der Waals surface area contributed by atoms with Gasteiger partial charge in [-0.25, -0.2) is 0 Å². The van der Waals surface area contributed by atoms with E-state index < -0.39 is 0 Å². The average Bonchev–Trinajstić information content (AvgIpc) is 2.77. The van der Waals surface area contributed by atoms with Crippen LogP contribution in [0.25, 0.3) is 10.9 Å². The predicted molar refractivity (Wildman–Crippen MR) is 120 cm³/mol. The minimum absolute atomic E-state index is 0.162. The van der Waals surface area contributed by atoms with E-state index in [1.165, 1.54) is 0 Å². The van der Waals surface area contributed by atoms with Gasteiger partial charge in [0.1, 0.15) is 5.75 Å². The molecule has 0 fully saturated rings. The fourth-order valence-electron chi connectivity index (χ4n) is 3.61. The molecule has 150 valence electrons. The Balaban J connectivity index is 1.92. The number of hydrogen-bond acceptors (Lipinski definition) is 3. The van der Waals surface area contributed by atoms with Gasteiger partial charge in [0.25, 0.3) is 0 Å². The summed E-state index contributed by atoms with van der Waals surface area (Å²) in [6.45, 7) is 4.51. The van der Waals surface area contributed by atoms with E-state index in [0.717, 1.165) is 22.2 Å². The SMILES string of the molecule is COc1ccc2c(c1)c(=O)c(C(=O)c1ccc(C)c(C)c1)cn2Cc1ccccc1. The maximum atomic E-state index is 13.3. The number of benzene rings is 3. The van der Waals surface area contributed by atoms with Crippen LogP contribution in [0.15, 0.2) is 77.7 Å². The number of pyridine rings is 1. The lowest BCUT2D eigenvalue weighted by molar-refractivity contribution is 0.103. The summed E-state index contributed by atoms with van der Waals surface area (Å²) in [6, 6.07) is 20.9. The Bertz CT molecular complexity index is 1300. The normalized spacial score (nSPS) is 10.9. The van der Waals surface area contributed by atoms with E-state index in [4.69, 9.17) is 4.74 Å². The molecule has 4 aromatic rings. The number of aryl methyl sites for hydroxylation is 2. The molecule has 0 N–H and O–H groups in total. The van der Waals surface area contributed by atoms with Gasteiger partial charge in [0.15, 0.2) is 5.78 Å². The Morgan fingerprint density at radius 1 is 0.933 bits per heavy atom. The molecule has 0 aliphatic rings. The van der Waals surface area contributed by atoms with Gasteiger partial charge < -0.3 is 9.30 Å². The highest BCUT2D eigenvalue weighted by Crippen LogP contribution is 2.21. The lowest BCUT2D eigenvalue weighted by Crippen LogP contribution is -2.20. The molecule has 30 heavy (non-hydrogen) atoms. The van der Waals surface area contributed by atoms with Gasteiger partial charge in [-0.15, -0.1) is 0 Å². The van der Waals surface area contributed by atoms with Crippen LogP contribution in [0, 0.1) is 13.8 Å². The number of ketones is 1. The first kappa shape index (κ1) is 19.6. The molecule has 0 radical (unpaired) electrons. The third kappa shape index (κ3) is 3.64. The molecule has 0 spiro atoms. The van der Waals surface area contributed by atoms with Crippen LogP contribution in [-0.2, 0) is 6.54 Å². The molecular weight excluding hydrogens is 374 g/mol. The number of carbonyl (C=O) groups is 1. The average molecular weight is 397 g/mol. The number of hydrogen-bond donors (Lipinski definition) is 0. The molecule has 0 atom stereocenters. The summed E-state index contributed by atoms with van der Waals surface area (Å²) >= 11 is 0. The largest absolute Gasteiger partial charge is 0.497 e. The number of nitrogens with zero attached hydrogens (tertiary/aromatic N) is 1. The number of ether oxygens (including phenoxy) is 1. The van der Waals surface area contributed by atoms with Gasteiger partial charge in [0.05, 0.1) is 23.6 Å². The van der Waals surface area contributed by atoms with E-state index in [9.17, 15) is 9.59 Å². The van der Waals surface area contributed by atoms with Crippen molar-refractivity contribution in [3.8, 4) is 5.75 Å². The molecule has 0 unspecified atom stereocenters. The highest BCUT2D eigenvalue weighted by molar-refractivity contribution is 6.10. The summed E-state index contributed by atoms with van der Waals surface area (Å²) in [4.78, 5) is 26.6. The first-order valence-electron chi connectivity index (χ1n) is 9.85. The van der Waals surface area contributed by atoms with Crippen LogP contribution in [0.3, 0.4) is 0 Å². The summed E-state index contributed by atoms with van der Waals surface area (Å²) in [7, 11) is 1.56. The van der Waals surface area contributed by atoms with Gasteiger partial charge in [-0.05, 0) is 54.8 Å². The second kappa shape index (κ2) is 7.99. The Kier molecular flexibility index (Phi) is 5.23. The zero-order valence-electron chi connectivity index (χ0n) is 17.3. The summed E-state index contributed by atoms with van der Waals surface area (Å²) in [6.07, 6.45) is 1.68. The topological polar surface area (TPSA) is 48.3 Å². The van der Waals surface area contributed by atoms with Crippen LogP contribution in [0.5, 0.6) is 5.75 Å². The molecule has 4 rings (SSSR count). The second-order valence-electron chi connectivity index (χ2n) is 7.50. The first-order chi connectivity index (χ1) is 14.5. The molecule has 0 bridgehead atoms. The number of aromatic nitrogens is 1. The maximum absolute atomic E-state index is 13.3. The van der Waals surface area contributed by atoms with Crippen molar-refractivity contribution in [1.82, 2.24) is 4.57 Å². The van der Waals surface area contributed by atoms with Gasteiger partial charge in [-0.1, -0.05) is 42.5 Å². The van der Waals surface area contributed by atoms with Crippen molar-refractivity contribution >= 4 is 16.7 Å². The van der Waals surface area contributed by atoms with Crippen LogP contribution in [0.2, 0.25) is 0 Å². The molecule has 0 saturated carbocycles. The predicted octanol–water partition coefficient (Wildman–Crippen LogP) is 4.91. The number of methoxy groups -OCH3 is 1. The van der Waals surface area contributed by atoms with E-state index in [0.29, 0.717) is 23.2 Å². The third-order valence-corrected chi connectivity index (χ3v) is 5.50. The lowest BCUT2D eigenvalue weighted by atomic mass is 9.98. The molecule has 0 aliphatic heterocycles. The standard InChI is InChI=1S/C26H23NO3/c1-17-9-10-20(13-18(17)2)25(28)23-16-27(15-19-7-5-4-6-8-19)24-12-11-21(30-3)14-22(24)26(23)29/h4-14,16H,15H2,1-3H3. The minimum atomic E-state index is -0.281. The van der Waals surface area contributed by atoms with E-state index in [1.54, 1.807) is 25.4 Å². The van der Waals surface area contributed by atoms with Crippen LogP contribution in [0.1, 0.15) is 32.6 Å². The Morgan fingerprint density at radius 2 is 1.70 bits per heavy atom. The Morgan fingerprint density at radius 3 is 2.40 bits per heavy atom. The molecular formula is C26H23NO3. The zero-order chi connectivity index (χ0) is 21.3. The third-order valence-electron chi connectivity index (χ3n) is 5.50. The molecule has 3 aromatic carbocycles. The Labute approximate surface area is 175 Å². The molecule has 4 nitrogen and oxygen atoms in total. The zero-order valence-corrected chi connectivity index (χ0v) is 17.3. The van der Waals surface area contributed by atoms with Crippen molar-refractivity contribution < 1.29 is 9.53 Å². The van der Waals surface area contributed by atoms with E-state index in [1.807, 2.05) is 73.0 Å². The van der Waals surface area contributed by atoms with Crippen molar-refractivity contribution in [2.75, 3.05) is 7.11 Å². The fraction of sp³-hybridized carbons (Fsp3) is 0.154. The molecule has 0 saturated heterocycles. The van der Waals surface area contributed by atoms with Gasteiger partial charge in [0, 0.05) is 18.3 Å².